The minimum Gasteiger partial charge on any atom is -0.330 e. The fourth-order valence-corrected chi connectivity index (χ4v) is 10.6. The molecular formula is C128H316N20. The summed E-state index contributed by atoms with van der Waals surface area (Å²) in [5.74, 6) is 18.5. The largest absolute Gasteiger partial charge is 0.330 e. The topological polar surface area (TPSA) is 520 Å². The highest BCUT2D eigenvalue weighted by Gasteiger charge is 2.21. The van der Waals surface area contributed by atoms with Gasteiger partial charge in [0.25, 0.3) is 0 Å². The Morgan fingerprint density at radius 2 is 0.601 bits per heavy atom. The van der Waals surface area contributed by atoms with Crippen molar-refractivity contribution >= 4 is 0 Å². The van der Waals surface area contributed by atoms with Gasteiger partial charge in [-0.25, -0.2) is 0 Å². The lowest BCUT2D eigenvalue weighted by Gasteiger charge is -2.27. The zero-order chi connectivity index (χ0) is 123. The molecule has 0 aromatic rings. The Bertz CT molecular complexity index is 2110. The lowest BCUT2D eigenvalue weighted by Crippen LogP contribution is -2.40. The molecule has 0 radical (unpaired) electrons. The summed E-state index contributed by atoms with van der Waals surface area (Å²) in [6.45, 7) is 142. The van der Waals surface area contributed by atoms with E-state index in [4.69, 9.17) is 115 Å². The van der Waals surface area contributed by atoms with E-state index in [-0.39, 0.29) is 16.6 Å². The molecule has 20 nitrogen and oxygen atoms in total. The monoisotopic (exact) mass is 2130 g/mol. The Morgan fingerprint density at radius 1 is 0.250 bits per heavy atom. The first-order chi connectivity index (χ1) is 66.7. The van der Waals surface area contributed by atoms with Crippen LogP contribution >= 0.6 is 0 Å². The lowest BCUT2D eigenvalue weighted by atomic mass is 9.81. The van der Waals surface area contributed by atoms with Gasteiger partial charge in [-0.1, -0.05) is 393 Å². The van der Waals surface area contributed by atoms with Crippen molar-refractivity contribution in [1.82, 2.24) is 0 Å². The highest BCUT2D eigenvalue weighted by Crippen LogP contribution is 2.24. The van der Waals surface area contributed by atoms with Gasteiger partial charge in [-0.15, -0.1) is 0 Å². The Morgan fingerprint density at radius 3 is 0.662 bits per heavy atom. The third-order valence-electron chi connectivity index (χ3n) is 27.0. The van der Waals surface area contributed by atoms with Gasteiger partial charge in [0.1, 0.15) is 0 Å². The first-order valence-electron chi connectivity index (χ1n) is 61.4. The summed E-state index contributed by atoms with van der Waals surface area (Å²) in [6, 6.07) is 3.07. The van der Waals surface area contributed by atoms with Crippen LogP contribution in [-0.2, 0) is 0 Å². The number of hydrogen-bond donors (Lipinski definition) is 20. The van der Waals surface area contributed by atoms with Crippen molar-refractivity contribution in [3.05, 3.63) is 0 Å². The average Bonchev–Trinajstić information content (AvgIpc) is 0.924. The molecule has 0 fully saturated rings. The summed E-state index contributed by atoms with van der Waals surface area (Å²) in [5.41, 5.74) is 111. The molecule has 0 rings (SSSR count). The molecular weight excluding hydrogens is 1820 g/mol. The molecule has 0 aliphatic rings. The Balaban J connectivity index is -0.0000000648. The van der Waals surface area contributed by atoms with Gasteiger partial charge in [0.2, 0.25) is 0 Å². The van der Waals surface area contributed by atoms with Crippen LogP contribution in [0.1, 0.15) is 551 Å². The Kier molecular flexibility index (Phi) is 173. The van der Waals surface area contributed by atoms with E-state index in [1.807, 2.05) is 27.7 Å². The Hall–Kier alpha value is -0.800. The van der Waals surface area contributed by atoms with E-state index in [0.717, 1.165) is 206 Å². The van der Waals surface area contributed by atoms with E-state index in [9.17, 15) is 0 Å². The number of unbranched alkanes of at least 4 members (excludes halogenated alkanes) is 1. The second kappa shape index (κ2) is 131. The first kappa shape index (κ1) is 194. The fourth-order valence-electron chi connectivity index (χ4n) is 10.6. The van der Waals surface area contributed by atoms with Gasteiger partial charge in [-0.3, -0.25) is 0 Å². The zero-order valence-electron chi connectivity index (χ0n) is 115. The highest BCUT2D eigenvalue weighted by atomic mass is 14.7. The van der Waals surface area contributed by atoms with Crippen LogP contribution in [0.15, 0.2) is 0 Å². The molecule has 40 N–H and O–H groups in total. The predicted octanol–water partition coefficient (Wildman–Crippen LogP) is 29.7. The molecule has 0 bridgehead atoms. The molecule has 928 valence electrons. The van der Waals surface area contributed by atoms with Crippen molar-refractivity contribution in [1.29, 1.82) is 0 Å². The van der Waals surface area contributed by atoms with Gasteiger partial charge < -0.3 is 115 Å². The molecule has 0 aromatic carbocycles. The first-order valence-corrected chi connectivity index (χ1v) is 61.4. The Labute approximate surface area is 943 Å². The maximum Gasteiger partial charge on any atom is 0.0146 e. The van der Waals surface area contributed by atoms with Gasteiger partial charge in [0, 0.05) is 65.0 Å². The van der Waals surface area contributed by atoms with Crippen LogP contribution in [0, 0.1) is 159 Å². The third kappa shape index (κ3) is 220. The lowest BCUT2D eigenvalue weighted by molar-refractivity contribution is 0.261. The molecule has 0 saturated heterocycles. The predicted molar refractivity (Wildman–Crippen MR) is 699 cm³/mol. The SMILES string of the molecule is CC(C)C(C)(C)CN.CC(C)C(C)(C)N.CC(C)C(C)C(C)N.CC(C)C(C)CCN.CC(C)C(C)CN.CC(C)C(C)N.CC(C)C(N)C(C)C.CC(C)CC(C)(C)N.CC(C)CC(C)CN.CC(C)CC(C)N.CC(C)CCC(C)N.CC(C)CCCCN.CC(C)CCCN.CC(C)CCN.CC(C)CN.CCC(C)(N)C(C)C.CCC(CN)C(C)C.CCC(N)C(C)C.CCC(N)CC(C)C.CCCC(N)C(C)C. The molecule has 0 saturated carbocycles. The number of rotatable bonds is 46. The normalized spacial score (nSPS) is 13.9. The van der Waals surface area contributed by atoms with Gasteiger partial charge in [0.05, 0.1) is 0 Å². The van der Waals surface area contributed by atoms with Crippen molar-refractivity contribution < 1.29 is 0 Å². The van der Waals surface area contributed by atoms with E-state index >= 15 is 0 Å². The molecule has 0 spiro atoms. The fraction of sp³-hybridized carbons (Fsp3) is 1.00. The average molecular weight is 2140 g/mol. The van der Waals surface area contributed by atoms with Crippen LogP contribution in [0.5, 0.6) is 0 Å². The molecule has 20 heteroatoms. The van der Waals surface area contributed by atoms with Crippen LogP contribution < -0.4 is 115 Å². The van der Waals surface area contributed by atoms with Gasteiger partial charge in [-0.2, -0.15) is 0 Å². The highest BCUT2D eigenvalue weighted by molar-refractivity contribution is 4.80. The maximum absolute atomic E-state index is 5.86. The van der Waals surface area contributed by atoms with Crippen molar-refractivity contribution in [3.63, 3.8) is 0 Å². The summed E-state index contributed by atoms with van der Waals surface area (Å²) < 4.78 is 0. The van der Waals surface area contributed by atoms with Crippen molar-refractivity contribution in [3.8, 4) is 0 Å². The summed E-state index contributed by atoms with van der Waals surface area (Å²) in [7, 11) is 0. The van der Waals surface area contributed by atoms with Crippen LogP contribution in [0.3, 0.4) is 0 Å². The second-order valence-electron chi connectivity index (χ2n) is 53.9. The molecule has 0 heterocycles. The molecule has 13 unspecified atom stereocenters. The minimum atomic E-state index is 0. The second-order valence-corrected chi connectivity index (χ2v) is 53.9. The third-order valence-corrected chi connectivity index (χ3v) is 27.0. The van der Waals surface area contributed by atoms with E-state index in [1.165, 1.54) is 57.8 Å². The molecule has 0 aliphatic carbocycles. The van der Waals surface area contributed by atoms with Gasteiger partial charge in [-0.05, 0) is 377 Å². The molecule has 148 heavy (non-hydrogen) atoms. The summed E-state index contributed by atoms with van der Waals surface area (Å²) in [4.78, 5) is 0. The number of nitrogens with two attached hydrogens (primary N) is 20. The van der Waals surface area contributed by atoms with Crippen LogP contribution in [0.2, 0.25) is 0 Å². The zero-order valence-corrected chi connectivity index (χ0v) is 115. The van der Waals surface area contributed by atoms with Crippen molar-refractivity contribution in [2.45, 2.75) is 616 Å². The van der Waals surface area contributed by atoms with Crippen molar-refractivity contribution in [2.24, 2.45) is 274 Å². The van der Waals surface area contributed by atoms with Crippen molar-refractivity contribution in [2.75, 3.05) is 58.9 Å². The van der Waals surface area contributed by atoms with E-state index < -0.39 is 0 Å². The smallest absolute Gasteiger partial charge is 0.0146 e. The van der Waals surface area contributed by atoms with Crippen LogP contribution in [0.4, 0.5) is 0 Å². The quantitative estimate of drug-likeness (QED) is 0.0252. The van der Waals surface area contributed by atoms with E-state index in [0.29, 0.717) is 125 Å². The maximum atomic E-state index is 5.86. The minimum absolute atomic E-state index is 0. The molecule has 13 atom stereocenters. The van der Waals surface area contributed by atoms with Gasteiger partial charge in [0.15, 0.2) is 0 Å². The standard InChI is InChI=1S/12C7H17N.5C6H15N.2C5H13N.C4H11N/c1-6(2)7(3,4)5-8;1-6(2)5-7(3,4)8;1-6(2)4-7(3)5-8;1-6(2)7(3)4-5-8;1-6(2)4-5-7(3)8;1-5-7(4,8)6(2)3;1-5(2)6(3)7(4)8;1-5(2)7(8)6(3)4;1-7(2)5-3-4-6-8;1-4-7(5-8)6(2)3;1-4-7(8)5-6(2)3;1-4-5-7(8)6(2)3;1-5(2)6(3,4)7;1-5(2)6(3)4-7;1-5(2)4-6(3)7;1-6(2)4-3-5-7;1-4-6(7)5(2)3;1-5(2)3-4-6;1-4(2)5(3)6;1-4(2)3-5/h2*6H,5,8H2,1-4H3;3*6-7H,4-5,8H2,1-3H3;6H,5,8H2,1-4H3;2*5-7H,8H2,1-4H3;7H,3-6,8H2,1-2H3;3*6-7H,4-5,8H2,1-3H3;5H,7H2,1-4H3;2*5-6H,4,7H2,1-3H3;6H,3-5,7H2,1-2H3;5-6H,4,7H2,1-3H3;5H,3-4,6H2,1-2H3;4-5H,6H2,1-3H3;4H,3,5H2,1-2H3. The van der Waals surface area contributed by atoms with Gasteiger partial charge >= 0.3 is 0 Å². The van der Waals surface area contributed by atoms with Crippen LogP contribution in [0.25, 0.3) is 0 Å². The summed E-state index contributed by atoms with van der Waals surface area (Å²) >= 11 is 0. The van der Waals surface area contributed by atoms with E-state index in [1.54, 1.807) is 0 Å². The van der Waals surface area contributed by atoms with Crippen LogP contribution in [-0.4, -0.2) is 124 Å². The molecule has 0 amide bonds. The molecule has 0 aromatic heterocycles. The number of hydrogen-bond acceptors (Lipinski definition) is 20. The summed E-state index contributed by atoms with van der Waals surface area (Å²) in [6.07, 6.45) is 22.5. The van der Waals surface area contributed by atoms with E-state index in [2.05, 4.69) is 402 Å². The summed E-state index contributed by atoms with van der Waals surface area (Å²) in [5, 5.41) is 0. The molecule has 0 aliphatic heterocycles.